The van der Waals surface area contributed by atoms with Gasteiger partial charge in [0.05, 0.1) is 5.56 Å². The van der Waals surface area contributed by atoms with Crippen LogP contribution in [0.5, 0.6) is 0 Å². The molecule has 5 nitrogen and oxygen atoms in total. The SMILES string of the molecule is CC(=O)Nc1cccc(NC(=O)c2cc(I)ccc2I)n1. The lowest BCUT2D eigenvalue weighted by molar-refractivity contribution is -0.114. The molecule has 0 atom stereocenters. The highest BCUT2D eigenvalue weighted by Gasteiger charge is 2.11. The number of hydrogen-bond donors (Lipinski definition) is 2. The van der Waals surface area contributed by atoms with Crippen LogP contribution in [0.15, 0.2) is 36.4 Å². The molecule has 0 radical (unpaired) electrons. The Hall–Kier alpha value is -1.23. The second-order valence-corrected chi connectivity index (χ2v) is 6.58. The fourth-order valence-electron chi connectivity index (χ4n) is 1.61. The summed E-state index contributed by atoms with van der Waals surface area (Å²) in [6.45, 7) is 1.40. The van der Waals surface area contributed by atoms with E-state index in [1.165, 1.54) is 6.92 Å². The summed E-state index contributed by atoms with van der Waals surface area (Å²) in [6, 6.07) is 10.7. The van der Waals surface area contributed by atoms with Crippen LogP contribution in [0.3, 0.4) is 0 Å². The second-order valence-electron chi connectivity index (χ2n) is 4.17. The Labute approximate surface area is 149 Å². The van der Waals surface area contributed by atoms with Crippen LogP contribution in [-0.4, -0.2) is 16.8 Å². The summed E-state index contributed by atoms with van der Waals surface area (Å²) in [6.07, 6.45) is 0. The molecule has 108 valence electrons. The molecule has 1 aromatic carbocycles. The highest BCUT2D eigenvalue weighted by atomic mass is 127. The quantitative estimate of drug-likeness (QED) is 0.626. The Kier molecular flexibility index (Phi) is 5.51. The van der Waals surface area contributed by atoms with E-state index < -0.39 is 0 Å². The van der Waals surface area contributed by atoms with Gasteiger partial charge in [0.15, 0.2) is 0 Å². The molecule has 1 aromatic heterocycles. The second kappa shape index (κ2) is 7.16. The number of rotatable bonds is 3. The molecule has 0 saturated carbocycles. The molecule has 2 N–H and O–H groups in total. The van der Waals surface area contributed by atoms with E-state index >= 15 is 0 Å². The number of anilines is 2. The van der Waals surface area contributed by atoms with Crippen molar-refractivity contribution < 1.29 is 9.59 Å². The number of aromatic nitrogens is 1. The molecule has 0 saturated heterocycles. The van der Waals surface area contributed by atoms with Crippen molar-refractivity contribution in [2.24, 2.45) is 0 Å². The van der Waals surface area contributed by atoms with E-state index in [4.69, 9.17) is 0 Å². The summed E-state index contributed by atoms with van der Waals surface area (Å²) >= 11 is 4.27. The van der Waals surface area contributed by atoms with Crippen molar-refractivity contribution in [3.8, 4) is 0 Å². The average molecular weight is 507 g/mol. The molecule has 2 aromatic rings. The molecular formula is C14H11I2N3O2. The summed E-state index contributed by atoms with van der Waals surface area (Å²) in [5.41, 5.74) is 0.592. The predicted molar refractivity (Wildman–Crippen MR) is 98.4 cm³/mol. The third-order valence-corrected chi connectivity index (χ3v) is 4.08. The number of carbonyl (C=O) groups excluding carboxylic acids is 2. The fourth-order valence-corrected chi connectivity index (χ4v) is 2.68. The minimum absolute atomic E-state index is 0.210. The third kappa shape index (κ3) is 4.63. The van der Waals surface area contributed by atoms with E-state index in [2.05, 4.69) is 60.8 Å². The van der Waals surface area contributed by atoms with Gasteiger partial charge in [-0.2, -0.15) is 0 Å². The molecule has 0 spiro atoms. The van der Waals surface area contributed by atoms with Gasteiger partial charge in [-0.1, -0.05) is 6.07 Å². The first-order valence-electron chi connectivity index (χ1n) is 5.97. The predicted octanol–water partition coefficient (Wildman–Crippen LogP) is 3.50. The van der Waals surface area contributed by atoms with Gasteiger partial charge in [-0.15, -0.1) is 0 Å². The summed E-state index contributed by atoms with van der Waals surface area (Å²) in [5.74, 6) is 0.349. The molecule has 0 bridgehead atoms. The van der Waals surface area contributed by atoms with Gasteiger partial charge in [0.25, 0.3) is 5.91 Å². The smallest absolute Gasteiger partial charge is 0.257 e. The van der Waals surface area contributed by atoms with E-state index in [1.54, 1.807) is 18.2 Å². The summed E-state index contributed by atoms with van der Waals surface area (Å²) in [4.78, 5) is 27.4. The Morgan fingerprint density at radius 2 is 1.71 bits per heavy atom. The lowest BCUT2D eigenvalue weighted by Crippen LogP contribution is -2.15. The van der Waals surface area contributed by atoms with Crippen LogP contribution < -0.4 is 10.6 Å². The van der Waals surface area contributed by atoms with Crippen molar-refractivity contribution in [2.75, 3.05) is 10.6 Å². The van der Waals surface area contributed by atoms with E-state index in [1.807, 2.05) is 18.2 Å². The standard InChI is InChI=1S/C14H11I2N3O2/c1-8(20)17-12-3-2-4-13(18-12)19-14(21)10-7-9(15)5-6-11(10)16/h2-7H,1H3,(H2,17,18,19,20,21). The first-order valence-corrected chi connectivity index (χ1v) is 8.12. The first-order chi connectivity index (χ1) is 9.95. The number of benzene rings is 1. The van der Waals surface area contributed by atoms with Gasteiger partial charge in [0, 0.05) is 14.1 Å². The molecule has 21 heavy (non-hydrogen) atoms. The molecule has 0 aliphatic heterocycles. The fraction of sp³-hybridized carbons (Fsp3) is 0.0714. The highest BCUT2D eigenvalue weighted by molar-refractivity contribution is 14.1. The van der Waals surface area contributed by atoms with Gasteiger partial charge < -0.3 is 10.6 Å². The van der Waals surface area contributed by atoms with Crippen molar-refractivity contribution in [3.05, 3.63) is 49.1 Å². The van der Waals surface area contributed by atoms with Crippen molar-refractivity contribution in [3.63, 3.8) is 0 Å². The van der Waals surface area contributed by atoms with Gasteiger partial charge in [0.1, 0.15) is 11.6 Å². The zero-order valence-corrected chi connectivity index (χ0v) is 15.3. The number of hydrogen-bond acceptors (Lipinski definition) is 3. The number of amides is 2. The Bertz CT molecular complexity index is 704. The van der Waals surface area contributed by atoms with E-state index in [0.29, 0.717) is 17.2 Å². The molecule has 2 rings (SSSR count). The zero-order valence-electron chi connectivity index (χ0n) is 11.0. The van der Waals surface area contributed by atoms with Crippen molar-refractivity contribution in [1.82, 2.24) is 4.98 Å². The Balaban J connectivity index is 2.19. The molecule has 0 aliphatic carbocycles. The number of pyridine rings is 1. The van der Waals surface area contributed by atoms with E-state index in [0.717, 1.165) is 7.14 Å². The lowest BCUT2D eigenvalue weighted by atomic mass is 10.2. The summed E-state index contributed by atoms with van der Waals surface area (Å²) < 4.78 is 1.85. The van der Waals surface area contributed by atoms with Gasteiger partial charge >= 0.3 is 0 Å². The molecule has 0 aliphatic rings. The van der Waals surface area contributed by atoms with Gasteiger partial charge in [0.2, 0.25) is 5.91 Å². The van der Waals surface area contributed by atoms with Crippen LogP contribution >= 0.6 is 45.2 Å². The first kappa shape index (κ1) is 16.1. The monoisotopic (exact) mass is 507 g/mol. The van der Waals surface area contributed by atoms with Gasteiger partial charge in [-0.25, -0.2) is 4.98 Å². The van der Waals surface area contributed by atoms with Crippen molar-refractivity contribution >= 4 is 68.6 Å². The van der Waals surface area contributed by atoms with E-state index in [9.17, 15) is 9.59 Å². The van der Waals surface area contributed by atoms with Crippen LogP contribution in [0, 0.1) is 7.14 Å². The maximum atomic E-state index is 12.3. The van der Waals surface area contributed by atoms with Crippen molar-refractivity contribution in [1.29, 1.82) is 0 Å². The molecule has 0 unspecified atom stereocenters. The number of nitrogens with zero attached hydrogens (tertiary/aromatic N) is 1. The Morgan fingerprint density at radius 1 is 1.05 bits per heavy atom. The largest absolute Gasteiger partial charge is 0.311 e. The number of halogens is 2. The van der Waals surface area contributed by atoms with Gasteiger partial charge in [-0.3, -0.25) is 9.59 Å². The molecule has 0 fully saturated rings. The van der Waals surface area contributed by atoms with Crippen LogP contribution in [0.2, 0.25) is 0 Å². The minimum atomic E-state index is -0.231. The van der Waals surface area contributed by atoms with Gasteiger partial charge in [-0.05, 0) is 75.5 Å². The topological polar surface area (TPSA) is 71.1 Å². The molecule has 1 heterocycles. The normalized spacial score (nSPS) is 10.0. The lowest BCUT2D eigenvalue weighted by Gasteiger charge is -2.08. The molecule has 7 heteroatoms. The van der Waals surface area contributed by atoms with Crippen LogP contribution in [0.1, 0.15) is 17.3 Å². The average Bonchev–Trinajstić information content (AvgIpc) is 2.41. The summed E-state index contributed by atoms with van der Waals surface area (Å²) in [7, 11) is 0. The maximum Gasteiger partial charge on any atom is 0.257 e. The highest BCUT2D eigenvalue weighted by Crippen LogP contribution is 2.18. The summed E-state index contributed by atoms with van der Waals surface area (Å²) in [5, 5.41) is 5.31. The third-order valence-electron chi connectivity index (χ3n) is 2.47. The van der Waals surface area contributed by atoms with Crippen LogP contribution in [-0.2, 0) is 4.79 Å². The minimum Gasteiger partial charge on any atom is -0.311 e. The number of carbonyl (C=O) groups is 2. The Morgan fingerprint density at radius 3 is 2.38 bits per heavy atom. The van der Waals surface area contributed by atoms with Crippen LogP contribution in [0.4, 0.5) is 11.6 Å². The zero-order chi connectivity index (χ0) is 15.4. The maximum absolute atomic E-state index is 12.3. The molecule has 2 amide bonds. The van der Waals surface area contributed by atoms with E-state index in [-0.39, 0.29) is 11.8 Å². The number of nitrogens with one attached hydrogen (secondary N) is 2. The van der Waals surface area contributed by atoms with Crippen molar-refractivity contribution in [2.45, 2.75) is 6.92 Å². The molecular weight excluding hydrogens is 496 g/mol. The van der Waals surface area contributed by atoms with Crippen LogP contribution in [0.25, 0.3) is 0 Å².